The molecule has 33 heavy (non-hydrogen) atoms. The summed E-state index contributed by atoms with van der Waals surface area (Å²) < 4.78 is 0. The van der Waals surface area contributed by atoms with E-state index in [1.807, 2.05) is 30.0 Å². The zero-order chi connectivity index (χ0) is 22.8. The van der Waals surface area contributed by atoms with Crippen molar-refractivity contribution >= 4 is 17.6 Å². The minimum atomic E-state index is 0.0902. The Kier molecular flexibility index (Phi) is 6.35. The number of likely N-dealkylation sites (tertiary alicyclic amines) is 2. The molecule has 0 unspecified atom stereocenters. The number of carbonyl (C=O) groups is 2. The van der Waals surface area contributed by atoms with E-state index in [-0.39, 0.29) is 17.7 Å². The number of carbonyl (C=O) groups excluding carboxylic acids is 2. The third kappa shape index (κ3) is 4.76. The van der Waals surface area contributed by atoms with Gasteiger partial charge in [0.15, 0.2) is 0 Å². The molecule has 8 nitrogen and oxygen atoms in total. The van der Waals surface area contributed by atoms with Gasteiger partial charge in [0.1, 0.15) is 11.6 Å². The molecular weight excluding hydrogens is 416 g/mol. The van der Waals surface area contributed by atoms with Gasteiger partial charge in [-0.15, -0.1) is 0 Å². The Hall–Kier alpha value is -2.87. The Morgan fingerprint density at radius 1 is 1.06 bits per heavy atom. The molecule has 174 valence electrons. The average Bonchev–Trinajstić information content (AvgIpc) is 3.37. The molecule has 0 bridgehead atoms. The normalized spacial score (nSPS) is 19.7. The Morgan fingerprint density at radius 2 is 1.85 bits per heavy atom. The number of anilines is 1. The van der Waals surface area contributed by atoms with Crippen molar-refractivity contribution in [1.82, 2.24) is 24.8 Å². The summed E-state index contributed by atoms with van der Waals surface area (Å²) in [5.41, 5.74) is 2.90. The summed E-state index contributed by atoms with van der Waals surface area (Å²) in [6, 6.07) is 5.76. The Balaban J connectivity index is 1.29. The highest BCUT2D eigenvalue weighted by Crippen LogP contribution is 2.33. The highest BCUT2D eigenvalue weighted by Gasteiger charge is 2.31. The van der Waals surface area contributed by atoms with Gasteiger partial charge in [0.05, 0.1) is 18.8 Å². The summed E-state index contributed by atoms with van der Waals surface area (Å²) >= 11 is 0. The monoisotopic (exact) mass is 448 g/mol. The number of hydrogen-bond donors (Lipinski definition) is 0. The number of piperidine rings is 1. The Bertz CT molecular complexity index is 1010. The maximum absolute atomic E-state index is 12.8. The van der Waals surface area contributed by atoms with Crippen LogP contribution >= 0.6 is 0 Å². The number of aromatic nitrogens is 3. The molecule has 2 saturated heterocycles. The van der Waals surface area contributed by atoms with E-state index in [0.717, 1.165) is 80.5 Å². The maximum Gasteiger partial charge on any atom is 0.236 e. The van der Waals surface area contributed by atoms with E-state index in [4.69, 9.17) is 9.97 Å². The molecule has 8 heteroatoms. The molecule has 3 aliphatic heterocycles. The van der Waals surface area contributed by atoms with Crippen LogP contribution < -0.4 is 4.90 Å². The van der Waals surface area contributed by atoms with Crippen LogP contribution in [0.15, 0.2) is 24.4 Å². The topological polar surface area (TPSA) is 82.5 Å². The molecule has 0 spiro atoms. The molecule has 5 rings (SSSR count). The van der Waals surface area contributed by atoms with Gasteiger partial charge < -0.3 is 4.90 Å². The summed E-state index contributed by atoms with van der Waals surface area (Å²) in [5.74, 6) is 2.19. The van der Waals surface area contributed by atoms with Crippen molar-refractivity contribution in [1.29, 1.82) is 0 Å². The number of fused-ring (bicyclic) bond motifs is 1. The standard InChI is InChI=1S/C25H32N6O2/c1-18-21-7-8-22(32)31(16-20-6-2-3-11-26-20)25(21)28-24(27-18)19-9-14-29(15-10-19)17-23(33)30-12-4-5-13-30/h2-3,6,11,19H,4-5,7-10,12-17H2,1H3. The predicted molar refractivity (Wildman–Crippen MR) is 125 cm³/mol. The third-order valence-electron chi connectivity index (χ3n) is 7.17. The van der Waals surface area contributed by atoms with Gasteiger partial charge in [-0.1, -0.05) is 6.07 Å². The van der Waals surface area contributed by atoms with E-state index in [9.17, 15) is 9.59 Å². The van der Waals surface area contributed by atoms with Gasteiger partial charge in [-0.05, 0) is 64.3 Å². The van der Waals surface area contributed by atoms with E-state index in [1.54, 1.807) is 11.1 Å². The quantitative estimate of drug-likeness (QED) is 0.699. The first-order valence-corrected chi connectivity index (χ1v) is 12.2. The van der Waals surface area contributed by atoms with Crippen molar-refractivity contribution in [2.45, 2.75) is 57.9 Å². The number of pyridine rings is 1. The van der Waals surface area contributed by atoms with E-state index in [2.05, 4.69) is 9.88 Å². The minimum Gasteiger partial charge on any atom is -0.342 e. The van der Waals surface area contributed by atoms with E-state index in [1.165, 1.54) is 0 Å². The molecule has 0 N–H and O–H groups in total. The highest BCUT2D eigenvalue weighted by molar-refractivity contribution is 5.95. The molecule has 2 fully saturated rings. The molecule has 5 heterocycles. The number of hydrogen-bond acceptors (Lipinski definition) is 6. The van der Waals surface area contributed by atoms with E-state index < -0.39 is 0 Å². The molecule has 0 aromatic carbocycles. The first kappa shape index (κ1) is 21.9. The molecule has 2 aromatic heterocycles. The van der Waals surface area contributed by atoms with Gasteiger partial charge in [0, 0.05) is 42.9 Å². The first-order valence-electron chi connectivity index (χ1n) is 12.2. The van der Waals surface area contributed by atoms with Crippen LogP contribution in [0, 0.1) is 6.92 Å². The number of aryl methyl sites for hydroxylation is 1. The van der Waals surface area contributed by atoms with Gasteiger partial charge in [-0.2, -0.15) is 0 Å². The molecule has 3 aliphatic rings. The lowest BCUT2D eigenvalue weighted by Gasteiger charge is -2.33. The van der Waals surface area contributed by atoms with E-state index in [0.29, 0.717) is 25.9 Å². The van der Waals surface area contributed by atoms with E-state index >= 15 is 0 Å². The summed E-state index contributed by atoms with van der Waals surface area (Å²) in [6.45, 7) is 6.54. The molecular formula is C25H32N6O2. The molecule has 0 radical (unpaired) electrons. The van der Waals surface area contributed by atoms with Gasteiger partial charge in [-0.3, -0.25) is 24.4 Å². The molecule has 0 atom stereocenters. The van der Waals surface area contributed by atoms with Crippen LogP contribution in [-0.2, 0) is 22.6 Å². The average molecular weight is 449 g/mol. The molecule has 0 aliphatic carbocycles. The first-order chi connectivity index (χ1) is 16.1. The van der Waals surface area contributed by atoms with Gasteiger partial charge in [0.25, 0.3) is 0 Å². The van der Waals surface area contributed by atoms with Crippen LogP contribution in [0.5, 0.6) is 0 Å². The van der Waals surface area contributed by atoms with Crippen molar-refractivity contribution in [3.05, 3.63) is 47.2 Å². The zero-order valence-corrected chi connectivity index (χ0v) is 19.4. The fourth-order valence-corrected chi connectivity index (χ4v) is 5.21. The highest BCUT2D eigenvalue weighted by atomic mass is 16.2. The SMILES string of the molecule is Cc1nc(C2CCN(CC(=O)N3CCCC3)CC2)nc2c1CCC(=O)N2Cc1ccccn1. The maximum atomic E-state index is 12.8. The number of amides is 2. The summed E-state index contributed by atoms with van der Waals surface area (Å²) in [4.78, 5) is 45.6. The Labute approximate surface area is 195 Å². The predicted octanol–water partition coefficient (Wildman–Crippen LogP) is 2.46. The van der Waals surface area contributed by atoms with Crippen molar-refractivity contribution in [3.8, 4) is 0 Å². The summed E-state index contributed by atoms with van der Waals surface area (Å²) in [5, 5.41) is 0. The second kappa shape index (κ2) is 9.55. The Morgan fingerprint density at radius 3 is 2.58 bits per heavy atom. The molecule has 2 amide bonds. The third-order valence-corrected chi connectivity index (χ3v) is 7.17. The van der Waals surface area contributed by atoms with Crippen LogP contribution in [0.25, 0.3) is 0 Å². The second-order valence-electron chi connectivity index (χ2n) is 9.41. The fraction of sp³-hybridized carbons (Fsp3) is 0.560. The van der Waals surface area contributed by atoms with Crippen LogP contribution in [0.4, 0.5) is 5.82 Å². The van der Waals surface area contributed by atoms with Crippen molar-refractivity contribution in [2.75, 3.05) is 37.6 Å². The lowest BCUT2D eigenvalue weighted by molar-refractivity contribution is -0.131. The van der Waals surface area contributed by atoms with Crippen molar-refractivity contribution in [2.24, 2.45) is 0 Å². The van der Waals surface area contributed by atoms with Crippen LogP contribution in [0.2, 0.25) is 0 Å². The van der Waals surface area contributed by atoms with Crippen LogP contribution in [0.1, 0.15) is 60.8 Å². The van der Waals surface area contributed by atoms with Crippen LogP contribution in [0.3, 0.4) is 0 Å². The largest absolute Gasteiger partial charge is 0.342 e. The molecule has 0 saturated carbocycles. The van der Waals surface area contributed by atoms with Crippen LogP contribution in [-0.4, -0.2) is 69.3 Å². The number of rotatable bonds is 5. The second-order valence-corrected chi connectivity index (χ2v) is 9.41. The van der Waals surface area contributed by atoms with Gasteiger partial charge in [-0.25, -0.2) is 9.97 Å². The van der Waals surface area contributed by atoms with Gasteiger partial charge in [0.2, 0.25) is 11.8 Å². The summed E-state index contributed by atoms with van der Waals surface area (Å²) in [7, 11) is 0. The lowest BCUT2D eigenvalue weighted by atomic mass is 9.95. The smallest absolute Gasteiger partial charge is 0.236 e. The molecule has 2 aromatic rings. The van der Waals surface area contributed by atoms with Gasteiger partial charge >= 0.3 is 0 Å². The summed E-state index contributed by atoms with van der Waals surface area (Å²) in [6.07, 6.45) is 7.04. The fourth-order valence-electron chi connectivity index (χ4n) is 5.21. The zero-order valence-electron chi connectivity index (χ0n) is 19.4. The van der Waals surface area contributed by atoms with Crippen molar-refractivity contribution in [3.63, 3.8) is 0 Å². The lowest BCUT2D eigenvalue weighted by Crippen LogP contribution is -2.42. The minimum absolute atomic E-state index is 0.0902. The van der Waals surface area contributed by atoms with Crippen molar-refractivity contribution < 1.29 is 9.59 Å². The number of nitrogens with zero attached hydrogens (tertiary/aromatic N) is 6.